The topological polar surface area (TPSA) is 0 Å². The second-order valence-corrected chi connectivity index (χ2v) is 128. The van der Waals surface area contributed by atoms with E-state index in [9.17, 15) is 0 Å². The Kier molecular flexibility index (Phi) is 92.3. The fourth-order valence-corrected chi connectivity index (χ4v) is 222. The minimum absolute atomic E-state index is 1.21. The molecule has 0 aliphatic carbocycles. The first kappa shape index (κ1) is 71.8. The predicted molar refractivity (Wildman–Crippen MR) is 382 cm³/mol. The number of hydrogen-bond acceptors (Lipinski definition) is 0. The molecule has 276 valence electrons. The molecule has 0 radical (unpaired) electrons. The van der Waals surface area contributed by atoms with Gasteiger partial charge in [0, 0.05) is 242 Å². The van der Waals surface area contributed by atoms with Gasteiger partial charge in [0.25, 0.3) is 0 Å². The summed E-state index contributed by atoms with van der Waals surface area (Å²) in [5.74, 6) is 0. The zero-order valence-corrected chi connectivity index (χ0v) is 73.9. The molecule has 0 atom stereocenters. The van der Waals surface area contributed by atoms with Crippen LogP contribution < -0.4 is 0 Å². The standard InChI is InChI=1S/HP55/c1-3-5-7-9-11-13-15-17-19-21-23-25-27-29-31-33-35-37-39-41-43-45-47-49-51-53-55-54-52-50-48-46-44-42-40-38-36-34-32-30-28-26-24-22-20-18-16-14-12-10-8-6-4-2/h1H. The Balaban J connectivity index is 4.07. The van der Waals surface area contributed by atoms with E-state index in [1.807, 2.05) is 0 Å². The van der Waals surface area contributed by atoms with Gasteiger partial charge in [0.05, 0.1) is 0 Å². The van der Waals surface area contributed by atoms with Crippen molar-refractivity contribution in [3.05, 3.63) is 0 Å². The summed E-state index contributed by atoms with van der Waals surface area (Å²) < 4.78 is 0. The van der Waals surface area contributed by atoms with Crippen LogP contribution in [0.15, 0.2) is 0 Å². The van der Waals surface area contributed by atoms with Gasteiger partial charge in [-0.1, -0.05) is 8.53 Å². The Morgan fingerprint density at radius 2 is 0.236 bits per heavy atom. The molecule has 0 aromatic carbocycles. The van der Waals surface area contributed by atoms with Gasteiger partial charge in [-0.15, -0.1) is 0 Å². The minimum Gasteiger partial charge on any atom is -0.0835 e. The Labute approximate surface area is 410 Å². The molecule has 0 saturated heterocycles. The summed E-state index contributed by atoms with van der Waals surface area (Å²) in [6, 6.07) is 0. The van der Waals surface area contributed by atoms with Crippen LogP contribution in [0, 0.1) is 0 Å². The van der Waals surface area contributed by atoms with E-state index in [0.717, 1.165) is 0 Å². The number of rotatable bonds is 26. The van der Waals surface area contributed by atoms with Crippen molar-refractivity contribution in [1.82, 2.24) is 0 Å². The first-order valence-electron chi connectivity index (χ1n) is 10.8. The molecule has 0 unspecified atom stereocenters. The van der Waals surface area contributed by atoms with Gasteiger partial charge in [-0.3, -0.25) is 0 Å². The zero-order valence-electron chi connectivity index (χ0n) is 24.6. The van der Waals surface area contributed by atoms with Crippen LogP contribution in [0.3, 0.4) is 0 Å². The molecule has 0 fully saturated rings. The summed E-state index contributed by atoms with van der Waals surface area (Å²) in [5, 5.41) is 0. The first-order valence-corrected chi connectivity index (χ1v) is 97.4. The van der Waals surface area contributed by atoms with Crippen molar-refractivity contribution in [3.8, 4) is 0 Å². The second kappa shape index (κ2) is 70.8. The smallest absolute Gasteiger partial charge is 0.0835 e. The van der Waals surface area contributed by atoms with Crippen molar-refractivity contribution in [3.63, 3.8) is 0 Å². The van der Waals surface area contributed by atoms with Crippen molar-refractivity contribution < 1.29 is 0 Å². The number of hydrogen-bond donors (Lipinski definition) is 0. The first-order chi connectivity index (χ1) is 27.4. The molecule has 55 heteroatoms. The normalized spacial score (nSPS) is 15.3. The van der Waals surface area contributed by atoms with E-state index in [1.165, 1.54) is 44.8 Å². The molecular formula is HP55. The molecule has 0 rings (SSSR count). The molecule has 0 aromatic rings. The SMILES string of the molecule is P#P=PP=PP=PP=PP=PP=PP=PP=PP=PP=PP=PP=PP=PP=PP=PP=PP=PP=PP=PP=PP=PP=PP=PP=PP=PP=PP=P. The maximum absolute atomic E-state index is 4.23. The van der Waals surface area contributed by atoms with E-state index >= 15 is 0 Å². The van der Waals surface area contributed by atoms with Crippen LogP contribution >= 0.6 is 417 Å². The molecule has 0 aromatic heterocycles. The summed E-state index contributed by atoms with van der Waals surface area (Å²) in [7, 11) is 90.2. The van der Waals surface area contributed by atoms with E-state index in [2.05, 4.69) is 16.9 Å². The monoisotopic (exact) mass is 1700 g/mol. The van der Waals surface area contributed by atoms with Gasteiger partial charge in [-0.05, 0) is 60.4 Å². The average Bonchev–Trinajstić information content (AvgIpc) is 3.20. The van der Waals surface area contributed by atoms with Gasteiger partial charge in [0.15, 0.2) is 0 Å². The van der Waals surface area contributed by atoms with Crippen LogP contribution in [0.4, 0.5) is 0 Å². The van der Waals surface area contributed by atoms with Crippen LogP contribution in [-0.2, 0) is 0 Å². The van der Waals surface area contributed by atoms with Crippen LogP contribution in [0.25, 0.3) is 0 Å². The van der Waals surface area contributed by atoms with Gasteiger partial charge in [0.2, 0.25) is 0 Å². The Hall–Kier alpha value is 16.8. The van der Waals surface area contributed by atoms with Crippen molar-refractivity contribution in [2.24, 2.45) is 0 Å². The molecule has 0 spiro atoms. The third-order valence-electron chi connectivity index (χ3n) is 2.08. The quantitative estimate of drug-likeness (QED) is 0.0757. The molecule has 0 aliphatic heterocycles. The summed E-state index contributed by atoms with van der Waals surface area (Å²) >= 11 is 0. The Morgan fingerprint density at radius 1 is 0.145 bits per heavy atom. The predicted octanol–water partition coefficient (Wildman–Crippen LogP) is 47.1. The maximum atomic E-state index is 4.23. The molecule has 0 N–H and O–H groups in total. The van der Waals surface area contributed by atoms with E-state index in [1.54, 1.807) is 355 Å². The zero-order chi connectivity index (χ0) is 39.5. The van der Waals surface area contributed by atoms with Crippen LogP contribution in [0.1, 0.15) is 0 Å². The molecule has 0 bridgehead atoms. The second-order valence-electron chi connectivity index (χ2n) is 4.75. The van der Waals surface area contributed by atoms with Crippen molar-refractivity contribution in [2.75, 3.05) is 0 Å². The Morgan fingerprint density at radius 3 is 0.327 bits per heavy atom. The van der Waals surface area contributed by atoms with E-state index in [0.29, 0.717) is 0 Å². The van der Waals surface area contributed by atoms with Crippen LogP contribution in [0.2, 0.25) is 0 Å². The van der Waals surface area contributed by atoms with Crippen molar-refractivity contribution in [2.45, 2.75) is 0 Å². The fourth-order valence-electron chi connectivity index (χ4n) is 0.914. The molecule has 0 aliphatic rings. The third kappa shape index (κ3) is 70.8. The third-order valence-corrected chi connectivity index (χ3v) is 169. The summed E-state index contributed by atoms with van der Waals surface area (Å²) in [4.78, 5) is 0. The molecule has 0 amide bonds. The molecule has 0 nitrogen and oxygen atoms in total. The van der Waals surface area contributed by atoms with Crippen molar-refractivity contribution in [1.29, 1.82) is 0 Å². The van der Waals surface area contributed by atoms with Crippen LogP contribution in [0.5, 0.6) is 0 Å². The van der Waals surface area contributed by atoms with Gasteiger partial charge in [-0.25, -0.2) is 0 Å². The fraction of sp³-hybridized carbons (Fsp3) is 0. The molecule has 0 saturated carbocycles. The van der Waals surface area contributed by atoms with Gasteiger partial charge in [0.1, 0.15) is 0 Å². The van der Waals surface area contributed by atoms with Crippen LogP contribution in [-0.4, -0.2) is 0 Å². The molecule has 0 heterocycles. The molecular weight excluding hydrogens is 1700 g/mol. The van der Waals surface area contributed by atoms with Gasteiger partial charge in [-0.2, -0.15) is 0 Å². The molecule has 55 heavy (non-hydrogen) atoms. The summed E-state index contributed by atoms with van der Waals surface area (Å²) in [6.07, 6.45) is 0. The van der Waals surface area contributed by atoms with E-state index in [-0.39, 0.29) is 0 Å². The summed E-state index contributed by atoms with van der Waals surface area (Å²) in [6.45, 7) is 1.21. The van der Waals surface area contributed by atoms with E-state index < -0.39 is 0 Å². The Bertz CT molecular complexity index is 1870. The van der Waals surface area contributed by atoms with Gasteiger partial charge < -0.3 is 0 Å². The van der Waals surface area contributed by atoms with E-state index in [4.69, 9.17) is 0 Å². The summed E-state index contributed by atoms with van der Waals surface area (Å²) in [5.41, 5.74) is 0. The minimum atomic E-state index is 1.21. The average molecular weight is 1700 g/mol. The van der Waals surface area contributed by atoms with Gasteiger partial charge >= 0.3 is 106 Å². The van der Waals surface area contributed by atoms with Crippen molar-refractivity contribution >= 4 is 417 Å².